The van der Waals surface area contributed by atoms with Crippen molar-refractivity contribution in [2.24, 2.45) is 0 Å². The predicted octanol–water partition coefficient (Wildman–Crippen LogP) is 2.11. The summed E-state index contributed by atoms with van der Waals surface area (Å²) in [7, 11) is 0. The summed E-state index contributed by atoms with van der Waals surface area (Å²) >= 11 is 0. The minimum absolute atomic E-state index is 0.173. The Balaban J connectivity index is 2.54. The number of nitrogens with one attached hydrogen (secondary N) is 1. The van der Waals surface area contributed by atoms with E-state index in [1.54, 1.807) is 24.5 Å². The SMILES string of the molecule is CCOC(=N)C=Cc1cccnc1. The van der Waals surface area contributed by atoms with Crippen LogP contribution in [0.3, 0.4) is 0 Å². The molecule has 0 radical (unpaired) electrons. The molecule has 0 saturated heterocycles. The zero-order valence-corrected chi connectivity index (χ0v) is 7.53. The first-order chi connectivity index (χ1) is 6.33. The van der Waals surface area contributed by atoms with E-state index in [0.717, 1.165) is 5.56 Å². The molecule has 0 saturated carbocycles. The Hall–Kier alpha value is -1.64. The van der Waals surface area contributed by atoms with Gasteiger partial charge in [-0.2, -0.15) is 0 Å². The van der Waals surface area contributed by atoms with E-state index < -0.39 is 0 Å². The quantitative estimate of drug-likeness (QED) is 0.566. The molecule has 0 aliphatic carbocycles. The summed E-state index contributed by atoms with van der Waals surface area (Å²) in [6.07, 6.45) is 6.85. The van der Waals surface area contributed by atoms with Gasteiger partial charge in [-0.15, -0.1) is 0 Å². The van der Waals surface area contributed by atoms with Crippen LogP contribution in [0.1, 0.15) is 12.5 Å². The van der Waals surface area contributed by atoms with Crippen LogP contribution in [-0.2, 0) is 4.74 Å². The van der Waals surface area contributed by atoms with Crippen LogP contribution in [0, 0.1) is 5.41 Å². The van der Waals surface area contributed by atoms with Crippen LogP contribution in [0.2, 0.25) is 0 Å². The van der Waals surface area contributed by atoms with Gasteiger partial charge in [-0.05, 0) is 24.6 Å². The Labute approximate surface area is 77.6 Å². The lowest BCUT2D eigenvalue weighted by Crippen LogP contribution is -1.97. The maximum absolute atomic E-state index is 7.31. The molecule has 0 unspecified atom stereocenters. The number of pyridine rings is 1. The van der Waals surface area contributed by atoms with E-state index in [-0.39, 0.29) is 5.90 Å². The van der Waals surface area contributed by atoms with E-state index in [0.29, 0.717) is 6.61 Å². The zero-order chi connectivity index (χ0) is 9.52. The molecule has 68 valence electrons. The Morgan fingerprint density at radius 2 is 2.54 bits per heavy atom. The van der Waals surface area contributed by atoms with Gasteiger partial charge in [0.1, 0.15) is 0 Å². The molecular formula is C10H12N2O. The second kappa shape index (κ2) is 5.09. The summed E-state index contributed by atoms with van der Waals surface area (Å²) in [5, 5.41) is 7.31. The first-order valence-electron chi connectivity index (χ1n) is 4.12. The Bertz CT molecular complexity index is 293. The first kappa shape index (κ1) is 9.45. The highest BCUT2D eigenvalue weighted by Gasteiger charge is 1.88. The van der Waals surface area contributed by atoms with Crippen molar-refractivity contribution >= 4 is 12.0 Å². The summed E-state index contributed by atoms with van der Waals surface area (Å²) in [6.45, 7) is 2.38. The van der Waals surface area contributed by atoms with Crippen LogP contribution in [-0.4, -0.2) is 17.5 Å². The Morgan fingerprint density at radius 1 is 1.69 bits per heavy atom. The molecule has 0 aliphatic rings. The minimum Gasteiger partial charge on any atom is -0.478 e. The number of aromatic nitrogens is 1. The van der Waals surface area contributed by atoms with Gasteiger partial charge in [0.15, 0.2) is 0 Å². The maximum atomic E-state index is 7.31. The molecule has 1 aromatic heterocycles. The van der Waals surface area contributed by atoms with E-state index in [4.69, 9.17) is 10.1 Å². The van der Waals surface area contributed by atoms with Gasteiger partial charge in [-0.1, -0.05) is 6.07 Å². The smallest absolute Gasteiger partial charge is 0.205 e. The van der Waals surface area contributed by atoms with Gasteiger partial charge in [0.25, 0.3) is 0 Å². The molecule has 3 heteroatoms. The molecule has 0 aliphatic heterocycles. The summed E-state index contributed by atoms with van der Waals surface area (Å²) in [5.41, 5.74) is 0.965. The highest BCUT2D eigenvalue weighted by molar-refractivity contribution is 5.89. The third-order valence-electron chi connectivity index (χ3n) is 1.41. The van der Waals surface area contributed by atoms with E-state index in [9.17, 15) is 0 Å². The lowest BCUT2D eigenvalue weighted by atomic mass is 10.2. The fourth-order valence-electron chi connectivity index (χ4n) is 0.850. The number of hydrogen-bond donors (Lipinski definition) is 1. The van der Waals surface area contributed by atoms with Crippen molar-refractivity contribution in [3.8, 4) is 0 Å². The van der Waals surface area contributed by atoms with Gasteiger partial charge in [-0.25, -0.2) is 0 Å². The molecule has 13 heavy (non-hydrogen) atoms. The molecule has 0 spiro atoms. The Morgan fingerprint density at radius 3 is 3.15 bits per heavy atom. The third-order valence-corrected chi connectivity index (χ3v) is 1.41. The van der Waals surface area contributed by atoms with Gasteiger partial charge in [0, 0.05) is 18.5 Å². The van der Waals surface area contributed by atoms with E-state index >= 15 is 0 Å². The van der Waals surface area contributed by atoms with E-state index in [1.807, 2.05) is 19.1 Å². The Kier molecular flexibility index (Phi) is 3.70. The normalized spacial score (nSPS) is 10.2. The second-order valence-corrected chi connectivity index (χ2v) is 2.42. The van der Waals surface area contributed by atoms with Crippen LogP contribution in [0.5, 0.6) is 0 Å². The molecule has 3 nitrogen and oxygen atoms in total. The maximum Gasteiger partial charge on any atom is 0.205 e. The molecule has 0 aromatic carbocycles. The summed E-state index contributed by atoms with van der Waals surface area (Å²) in [5.74, 6) is 0.173. The first-order valence-corrected chi connectivity index (χ1v) is 4.12. The number of nitrogens with zero attached hydrogens (tertiary/aromatic N) is 1. The van der Waals surface area contributed by atoms with E-state index in [1.165, 1.54) is 0 Å². The van der Waals surface area contributed by atoms with Gasteiger partial charge >= 0.3 is 0 Å². The third kappa shape index (κ3) is 3.51. The second-order valence-electron chi connectivity index (χ2n) is 2.42. The molecule has 0 fully saturated rings. The molecule has 1 N–H and O–H groups in total. The van der Waals surface area contributed by atoms with Gasteiger partial charge in [-0.3, -0.25) is 10.4 Å². The number of rotatable bonds is 3. The predicted molar refractivity (Wildman–Crippen MR) is 52.6 cm³/mol. The largest absolute Gasteiger partial charge is 0.478 e. The van der Waals surface area contributed by atoms with Crippen molar-refractivity contribution in [2.45, 2.75) is 6.92 Å². The van der Waals surface area contributed by atoms with Crippen molar-refractivity contribution in [1.29, 1.82) is 5.41 Å². The fourth-order valence-corrected chi connectivity index (χ4v) is 0.850. The molecule has 0 atom stereocenters. The van der Waals surface area contributed by atoms with Crippen molar-refractivity contribution in [1.82, 2.24) is 4.98 Å². The molecule has 1 aromatic rings. The van der Waals surface area contributed by atoms with Gasteiger partial charge in [0.05, 0.1) is 6.61 Å². The molecular weight excluding hydrogens is 164 g/mol. The van der Waals surface area contributed by atoms with Crippen molar-refractivity contribution in [3.05, 3.63) is 36.2 Å². The lowest BCUT2D eigenvalue weighted by Gasteiger charge is -1.97. The van der Waals surface area contributed by atoms with Crippen LogP contribution in [0.4, 0.5) is 0 Å². The van der Waals surface area contributed by atoms with Crippen molar-refractivity contribution in [3.63, 3.8) is 0 Å². The van der Waals surface area contributed by atoms with Crippen LogP contribution >= 0.6 is 0 Å². The minimum atomic E-state index is 0.173. The van der Waals surface area contributed by atoms with Crippen molar-refractivity contribution < 1.29 is 4.74 Å². The summed E-state index contributed by atoms with van der Waals surface area (Å²) in [6, 6.07) is 3.77. The highest BCUT2D eigenvalue weighted by Crippen LogP contribution is 1.98. The lowest BCUT2D eigenvalue weighted by molar-refractivity contribution is 0.327. The summed E-state index contributed by atoms with van der Waals surface area (Å²) in [4.78, 5) is 3.95. The molecule has 0 bridgehead atoms. The van der Waals surface area contributed by atoms with Crippen LogP contribution < -0.4 is 0 Å². The van der Waals surface area contributed by atoms with E-state index in [2.05, 4.69) is 4.98 Å². The number of ether oxygens (including phenoxy) is 1. The topological polar surface area (TPSA) is 46.0 Å². The van der Waals surface area contributed by atoms with Gasteiger partial charge < -0.3 is 4.74 Å². The highest BCUT2D eigenvalue weighted by atomic mass is 16.5. The van der Waals surface area contributed by atoms with Crippen LogP contribution in [0.15, 0.2) is 30.6 Å². The molecule has 0 amide bonds. The molecule has 1 rings (SSSR count). The summed E-state index contributed by atoms with van der Waals surface area (Å²) < 4.78 is 4.94. The average Bonchev–Trinajstić information content (AvgIpc) is 2.17. The fraction of sp³-hybridized carbons (Fsp3) is 0.200. The van der Waals surface area contributed by atoms with Gasteiger partial charge in [0.2, 0.25) is 5.90 Å². The molecule has 1 heterocycles. The standard InChI is InChI=1S/C10H12N2O/c1-2-13-10(11)6-5-9-4-3-7-12-8-9/h3-8,11H,2H2,1H3. The number of hydrogen-bond acceptors (Lipinski definition) is 3. The average molecular weight is 176 g/mol. The monoisotopic (exact) mass is 176 g/mol. The zero-order valence-electron chi connectivity index (χ0n) is 7.53. The van der Waals surface area contributed by atoms with Crippen LogP contribution in [0.25, 0.3) is 6.08 Å². The van der Waals surface area contributed by atoms with Crippen molar-refractivity contribution in [2.75, 3.05) is 6.61 Å².